The lowest BCUT2D eigenvalue weighted by Crippen LogP contribution is -2.14. The lowest BCUT2D eigenvalue weighted by molar-refractivity contribution is -0.136. The molecule has 0 aliphatic heterocycles. The standard InChI is InChI=1S/C23H15BF5N3O2/c1-33-16-9-7-14(8-10-16)19-13-18(23(25,26)27)17-11-12-20(31-21(17)30-19)32-22(34-24(28)29)15-5-3-2-4-6-15/h2-13H,1H3. The summed E-state index contributed by atoms with van der Waals surface area (Å²) in [4.78, 5) is 12.4. The van der Waals surface area contributed by atoms with Crippen molar-refractivity contribution in [1.82, 2.24) is 9.97 Å². The van der Waals surface area contributed by atoms with E-state index in [9.17, 15) is 21.8 Å². The molecule has 0 unspecified atom stereocenters. The molecule has 0 saturated carbocycles. The van der Waals surface area contributed by atoms with Gasteiger partial charge in [-0.1, -0.05) is 18.2 Å². The van der Waals surface area contributed by atoms with E-state index in [4.69, 9.17) is 4.74 Å². The van der Waals surface area contributed by atoms with E-state index in [-0.39, 0.29) is 28.1 Å². The predicted octanol–water partition coefficient (Wildman–Crippen LogP) is 6.34. The van der Waals surface area contributed by atoms with Crippen LogP contribution < -0.4 is 4.74 Å². The Morgan fingerprint density at radius 2 is 1.62 bits per heavy atom. The van der Waals surface area contributed by atoms with Gasteiger partial charge in [-0.3, -0.25) is 0 Å². The van der Waals surface area contributed by atoms with Crippen LogP contribution in [0, 0.1) is 0 Å². The van der Waals surface area contributed by atoms with Gasteiger partial charge in [0.25, 0.3) is 0 Å². The first kappa shape index (κ1) is 23.2. The first-order valence-corrected chi connectivity index (χ1v) is 9.87. The van der Waals surface area contributed by atoms with Crippen LogP contribution in [0.4, 0.5) is 27.6 Å². The van der Waals surface area contributed by atoms with Crippen LogP contribution in [0.2, 0.25) is 0 Å². The SMILES string of the molecule is COc1ccc(-c2cc(C(F)(F)F)c3ccc(N=C(OB(F)F)c4ccccc4)nc3n2)cc1. The van der Waals surface area contributed by atoms with Crippen LogP contribution in [0.15, 0.2) is 77.8 Å². The van der Waals surface area contributed by atoms with Gasteiger partial charge in [0.05, 0.1) is 18.4 Å². The van der Waals surface area contributed by atoms with E-state index in [1.807, 2.05) is 0 Å². The molecule has 0 bridgehead atoms. The normalized spacial score (nSPS) is 12.0. The minimum absolute atomic E-state index is 0.0308. The zero-order valence-electron chi connectivity index (χ0n) is 17.6. The van der Waals surface area contributed by atoms with Gasteiger partial charge in [0.2, 0.25) is 5.90 Å². The van der Waals surface area contributed by atoms with E-state index in [1.165, 1.54) is 25.3 Å². The molecule has 0 radical (unpaired) electrons. The first-order valence-electron chi connectivity index (χ1n) is 9.87. The molecule has 2 aromatic heterocycles. The summed E-state index contributed by atoms with van der Waals surface area (Å²) in [6, 6.07) is 17.5. The Morgan fingerprint density at radius 1 is 0.912 bits per heavy atom. The summed E-state index contributed by atoms with van der Waals surface area (Å²) >= 11 is 0. The highest BCUT2D eigenvalue weighted by Crippen LogP contribution is 2.37. The fourth-order valence-electron chi connectivity index (χ4n) is 3.23. The number of aromatic nitrogens is 2. The molecule has 11 heteroatoms. The molecule has 4 aromatic rings. The van der Waals surface area contributed by atoms with E-state index in [2.05, 4.69) is 19.6 Å². The number of halogens is 5. The summed E-state index contributed by atoms with van der Waals surface area (Å²) in [5, 5.41) is -0.250. The highest BCUT2D eigenvalue weighted by atomic mass is 19.4. The maximum atomic E-state index is 13.8. The number of benzene rings is 2. The number of hydrogen-bond donors (Lipinski definition) is 0. The number of methoxy groups -OCH3 is 1. The second-order valence-corrected chi connectivity index (χ2v) is 6.98. The van der Waals surface area contributed by atoms with E-state index in [0.717, 1.165) is 12.1 Å². The van der Waals surface area contributed by atoms with Gasteiger partial charge < -0.3 is 9.39 Å². The number of hydrogen-bond acceptors (Lipinski definition) is 5. The minimum Gasteiger partial charge on any atom is -0.497 e. The van der Waals surface area contributed by atoms with Crippen molar-refractivity contribution in [2.24, 2.45) is 4.99 Å². The average molecular weight is 471 g/mol. The van der Waals surface area contributed by atoms with Crippen molar-refractivity contribution in [3.8, 4) is 17.0 Å². The van der Waals surface area contributed by atoms with Crippen LogP contribution in [-0.4, -0.2) is 30.4 Å². The molecule has 0 amide bonds. The molecule has 0 N–H and O–H groups in total. The maximum absolute atomic E-state index is 13.8. The van der Waals surface area contributed by atoms with Crippen molar-refractivity contribution in [3.63, 3.8) is 0 Å². The van der Waals surface area contributed by atoms with E-state index < -0.39 is 25.1 Å². The summed E-state index contributed by atoms with van der Waals surface area (Å²) in [5.41, 5.74) is -0.483. The Morgan fingerprint density at radius 3 is 2.24 bits per heavy atom. The van der Waals surface area contributed by atoms with Gasteiger partial charge in [0.15, 0.2) is 11.5 Å². The number of ether oxygens (including phenoxy) is 1. The average Bonchev–Trinajstić information content (AvgIpc) is 2.82. The lowest BCUT2D eigenvalue weighted by atomic mass is 10.1. The number of rotatable bonds is 5. The topological polar surface area (TPSA) is 56.6 Å². The Balaban J connectivity index is 1.86. The van der Waals surface area contributed by atoms with Crippen LogP contribution in [0.1, 0.15) is 11.1 Å². The summed E-state index contributed by atoms with van der Waals surface area (Å²) in [5.74, 6) is -0.0351. The lowest BCUT2D eigenvalue weighted by Gasteiger charge is -2.13. The molecule has 34 heavy (non-hydrogen) atoms. The van der Waals surface area contributed by atoms with Gasteiger partial charge in [-0.15, -0.1) is 0 Å². The van der Waals surface area contributed by atoms with Gasteiger partial charge >= 0.3 is 13.6 Å². The number of fused-ring (bicyclic) bond motifs is 1. The highest BCUT2D eigenvalue weighted by Gasteiger charge is 2.34. The van der Waals surface area contributed by atoms with Crippen LogP contribution in [0.25, 0.3) is 22.3 Å². The summed E-state index contributed by atoms with van der Waals surface area (Å²) < 4.78 is 76.9. The summed E-state index contributed by atoms with van der Waals surface area (Å²) in [6.45, 7) is 0. The van der Waals surface area contributed by atoms with E-state index >= 15 is 0 Å². The molecule has 0 aliphatic carbocycles. The molecule has 0 aliphatic rings. The Bertz CT molecular complexity index is 1330. The van der Waals surface area contributed by atoms with Gasteiger partial charge in [-0.2, -0.15) is 18.2 Å². The van der Waals surface area contributed by atoms with Crippen LogP contribution >= 0.6 is 0 Å². The summed E-state index contributed by atoms with van der Waals surface area (Å²) in [6.07, 6.45) is -4.68. The van der Waals surface area contributed by atoms with E-state index in [1.54, 1.807) is 42.5 Å². The van der Waals surface area contributed by atoms with Gasteiger partial charge in [0, 0.05) is 16.5 Å². The van der Waals surface area contributed by atoms with Crippen LogP contribution in [0.5, 0.6) is 5.75 Å². The molecule has 2 heterocycles. The molecule has 0 spiro atoms. The number of aliphatic imine (C=N–C) groups is 1. The smallest absolute Gasteiger partial charge is 0.497 e. The summed E-state index contributed by atoms with van der Waals surface area (Å²) in [7, 11) is -1.69. The molecule has 172 valence electrons. The largest absolute Gasteiger partial charge is 0.797 e. The zero-order valence-corrected chi connectivity index (χ0v) is 17.6. The van der Waals surface area contributed by atoms with E-state index in [0.29, 0.717) is 11.3 Å². The Labute approximate surface area is 191 Å². The van der Waals surface area contributed by atoms with Crippen molar-refractivity contribution in [2.45, 2.75) is 6.18 Å². The number of pyridine rings is 2. The van der Waals surface area contributed by atoms with Gasteiger partial charge in [0.1, 0.15) is 5.75 Å². The first-order chi connectivity index (χ1) is 16.2. The third-order valence-electron chi connectivity index (χ3n) is 4.79. The maximum Gasteiger partial charge on any atom is 0.797 e. The second kappa shape index (κ2) is 9.46. The molecule has 0 atom stereocenters. The highest BCUT2D eigenvalue weighted by molar-refractivity contribution is 6.38. The van der Waals surface area contributed by atoms with Crippen molar-refractivity contribution < 1.29 is 31.2 Å². The minimum atomic E-state index is -4.68. The molecule has 0 saturated heterocycles. The molecule has 5 nitrogen and oxygen atoms in total. The third kappa shape index (κ3) is 5.14. The monoisotopic (exact) mass is 471 g/mol. The fraction of sp³-hybridized carbons (Fsp3) is 0.0870. The zero-order chi connectivity index (χ0) is 24.3. The predicted molar refractivity (Wildman–Crippen MR) is 118 cm³/mol. The van der Waals surface area contributed by atoms with Gasteiger partial charge in [-0.05, 0) is 54.6 Å². The molecular formula is C23H15BF5N3O2. The van der Waals surface area contributed by atoms with Gasteiger partial charge in [-0.25, -0.2) is 18.6 Å². The second-order valence-electron chi connectivity index (χ2n) is 6.98. The van der Waals surface area contributed by atoms with Crippen molar-refractivity contribution >= 4 is 30.2 Å². The molecule has 2 aromatic carbocycles. The number of nitrogens with zero attached hydrogens (tertiary/aromatic N) is 3. The van der Waals surface area contributed by atoms with Crippen molar-refractivity contribution in [1.29, 1.82) is 0 Å². The quantitative estimate of drug-likeness (QED) is 0.148. The third-order valence-corrected chi connectivity index (χ3v) is 4.79. The Hall–Kier alpha value is -4.02. The number of alkyl halides is 3. The molecule has 4 rings (SSSR count). The van der Waals surface area contributed by atoms with Crippen LogP contribution in [0.3, 0.4) is 0 Å². The van der Waals surface area contributed by atoms with Crippen molar-refractivity contribution in [3.05, 3.63) is 83.9 Å². The van der Waals surface area contributed by atoms with Crippen LogP contribution in [-0.2, 0) is 10.8 Å². The molecule has 0 fully saturated rings. The Kier molecular flexibility index (Phi) is 6.44. The van der Waals surface area contributed by atoms with Crippen molar-refractivity contribution in [2.75, 3.05) is 7.11 Å². The molecular weight excluding hydrogens is 456 g/mol. The fourth-order valence-corrected chi connectivity index (χ4v) is 3.23.